The van der Waals surface area contributed by atoms with Gasteiger partial charge in [0.15, 0.2) is 5.82 Å². The number of aromatic nitrogens is 5. The molecule has 0 spiro atoms. The number of imidazole rings is 1. The zero-order chi connectivity index (χ0) is 20.1. The highest BCUT2D eigenvalue weighted by atomic mass is 32.2. The molecule has 0 aromatic carbocycles. The molecular formula is C20H28N6OS. The number of hydrogen-bond donors (Lipinski definition) is 1. The van der Waals surface area contributed by atoms with E-state index < -0.39 is 11.2 Å². The summed E-state index contributed by atoms with van der Waals surface area (Å²) in [4.78, 5) is 17.3. The van der Waals surface area contributed by atoms with E-state index in [0.717, 1.165) is 66.8 Å². The van der Waals surface area contributed by atoms with E-state index in [2.05, 4.69) is 33.4 Å². The van der Waals surface area contributed by atoms with Crippen LogP contribution in [0.15, 0.2) is 23.6 Å². The number of nitrogens with two attached hydrogens (primary N) is 1. The van der Waals surface area contributed by atoms with Crippen LogP contribution < -0.4 is 5.73 Å². The van der Waals surface area contributed by atoms with Gasteiger partial charge < -0.3 is 14.9 Å². The van der Waals surface area contributed by atoms with Crippen molar-refractivity contribution in [2.45, 2.75) is 64.6 Å². The molecule has 3 rings (SSSR count). The molecule has 28 heavy (non-hydrogen) atoms. The number of aryl methyl sites for hydroxylation is 4. The Hall–Kier alpha value is -2.19. The topological polar surface area (TPSA) is 106 Å². The van der Waals surface area contributed by atoms with Crippen molar-refractivity contribution < 1.29 is 4.55 Å². The van der Waals surface area contributed by atoms with Crippen LogP contribution in [0.2, 0.25) is 0 Å². The van der Waals surface area contributed by atoms with Crippen LogP contribution in [0, 0.1) is 13.8 Å². The summed E-state index contributed by atoms with van der Waals surface area (Å²) in [5, 5.41) is 0.419. The molecule has 1 atom stereocenters. The molecular weight excluding hydrogens is 372 g/mol. The molecule has 0 amide bonds. The first kappa shape index (κ1) is 20.5. The smallest absolute Gasteiger partial charge is 0.342 e. The van der Waals surface area contributed by atoms with Gasteiger partial charge in [0.05, 0.1) is 5.52 Å². The summed E-state index contributed by atoms with van der Waals surface area (Å²) in [6.07, 6.45) is 8.07. The number of nitrogens with zero attached hydrogens (tertiary/aromatic N) is 5. The lowest BCUT2D eigenvalue weighted by molar-refractivity contribution is 0.566. The third-order valence-electron chi connectivity index (χ3n) is 4.91. The summed E-state index contributed by atoms with van der Waals surface area (Å²) in [6.45, 7) is 7.11. The van der Waals surface area contributed by atoms with E-state index in [4.69, 9.17) is 10.7 Å². The molecule has 3 aromatic heterocycles. The Morgan fingerprint density at radius 2 is 1.86 bits per heavy atom. The van der Waals surface area contributed by atoms with E-state index in [1.807, 2.05) is 6.92 Å². The maximum Gasteiger partial charge on any atom is 0.342 e. The fraction of sp³-hybridized carbons (Fsp3) is 0.500. The molecule has 3 heterocycles. The maximum atomic E-state index is 12.2. The van der Waals surface area contributed by atoms with Crippen molar-refractivity contribution in [1.29, 1.82) is 0 Å². The molecule has 2 N–H and O–H groups in total. The van der Waals surface area contributed by atoms with Crippen LogP contribution in [0.5, 0.6) is 0 Å². The summed E-state index contributed by atoms with van der Waals surface area (Å²) >= 11 is -1.13. The second-order valence-electron chi connectivity index (χ2n) is 6.98. The maximum absolute atomic E-state index is 12.2. The Morgan fingerprint density at radius 1 is 1.11 bits per heavy atom. The standard InChI is InChI=1S/C20H28N6OS/c1-4-9-16-25-17-18(14(2)15(3)24-19(17)21)26(16)12-6-5-7-13-28(27)20-22-10-8-11-23-20/h8,10-11H,4-7,9,12-13H2,1-3H3,(H2,21,24). The van der Waals surface area contributed by atoms with Gasteiger partial charge in [-0.05, 0) is 51.2 Å². The van der Waals surface area contributed by atoms with Crippen molar-refractivity contribution in [2.75, 3.05) is 11.5 Å². The van der Waals surface area contributed by atoms with Gasteiger partial charge in [0.1, 0.15) is 17.1 Å². The first-order valence-corrected chi connectivity index (χ1v) is 11.1. The molecule has 0 aliphatic carbocycles. The molecule has 150 valence electrons. The summed E-state index contributed by atoms with van der Waals surface area (Å²) < 4.78 is 14.5. The van der Waals surface area contributed by atoms with Gasteiger partial charge in [0.25, 0.3) is 0 Å². The van der Waals surface area contributed by atoms with E-state index in [9.17, 15) is 4.55 Å². The number of rotatable bonds is 9. The van der Waals surface area contributed by atoms with Gasteiger partial charge in [-0.3, -0.25) is 0 Å². The van der Waals surface area contributed by atoms with Gasteiger partial charge in [0, 0.05) is 42.2 Å². The highest BCUT2D eigenvalue weighted by molar-refractivity contribution is 7.91. The fourth-order valence-electron chi connectivity index (χ4n) is 3.38. The van der Waals surface area contributed by atoms with Crippen molar-refractivity contribution in [3.8, 4) is 0 Å². The third kappa shape index (κ3) is 4.44. The molecule has 0 bridgehead atoms. The first-order valence-electron chi connectivity index (χ1n) is 9.80. The average molecular weight is 401 g/mol. The lowest BCUT2D eigenvalue weighted by atomic mass is 10.2. The Balaban J connectivity index is 1.66. The Morgan fingerprint density at radius 3 is 2.57 bits per heavy atom. The second kappa shape index (κ2) is 9.34. The van der Waals surface area contributed by atoms with Crippen LogP contribution in [0.1, 0.15) is 49.7 Å². The summed E-state index contributed by atoms with van der Waals surface area (Å²) in [5.74, 6) is 2.17. The molecule has 0 aliphatic rings. The number of pyridine rings is 1. The van der Waals surface area contributed by atoms with Crippen LogP contribution in [0.25, 0.3) is 11.0 Å². The van der Waals surface area contributed by atoms with Crippen molar-refractivity contribution in [2.24, 2.45) is 0 Å². The summed E-state index contributed by atoms with van der Waals surface area (Å²) in [5.41, 5.74) is 10.1. The van der Waals surface area contributed by atoms with Crippen LogP contribution in [-0.4, -0.2) is 34.8 Å². The van der Waals surface area contributed by atoms with E-state index in [-0.39, 0.29) is 0 Å². The predicted octanol–water partition coefficient (Wildman–Crippen LogP) is 3.35. The van der Waals surface area contributed by atoms with Gasteiger partial charge in [-0.15, -0.1) is 0 Å². The SMILES string of the molecule is CCCc1nc2c(N)nc(C)c(C)c2n1CCCCC[S+]([O-])c1ncccn1. The minimum atomic E-state index is -1.13. The molecule has 0 radical (unpaired) electrons. The van der Waals surface area contributed by atoms with Gasteiger partial charge in [0.2, 0.25) is 0 Å². The van der Waals surface area contributed by atoms with Gasteiger partial charge in [-0.25, -0.2) is 9.97 Å². The third-order valence-corrected chi connectivity index (χ3v) is 6.18. The molecule has 7 nitrogen and oxygen atoms in total. The van der Waals surface area contributed by atoms with E-state index in [0.29, 0.717) is 16.7 Å². The minimum Gasteiger partial charge on any atom is -0.609 e. The highest BCUT2D eigenvalue weighted by Gasteiger charge is 2.17. The van der Waals surface area contributed by atoms with Crippen molar-refractivity contribution in [3.63, 3.8) is 0 Å². The summed E-state index contributed by atoms with van der Waals surface area (Å²) in [6, 6.07) is 1.73. The first-order chi connectivity index (χ1) is 13.5. The van der Waals surface area contributed by atoms with Crippen LogP contribution in [-0.2, 0) is 24.1 Å². The number of fused-ring (bicyclic) bond motifs is 1. The van der Waals surface area contributed by atoms with Crippen LogP contribution >= 0.6 is 0 Å². The van der Waals surface area contributed by atoms with Crippen molar-refractivity contribution >= 4 is 28.0 Å². The van der Waals surface area contributed by atoms with Crippen LogP contribution in [0.4, 0.5) is 5.82 Å². The van der Waals surface area contributed by atoms with Gasteiger partial charge in [-0.1, -0.05) is 6.92 Å². The molecule has 8 heteroatoms. The predicted molar refractivity (Wildman–Crippen MR) is 113 cm³/mol. The molecule has 0 saturated carbocycles. The highest BCUT2D eigenvalue weighted by Crippen LogP contribution is 2.27. The molecule has 0 saturated heterocycles. The number of unbranched alkanes of at least 4 members (excludes halogenated alkanes) is 2. The molecule has 0 fully saturated rings. The zero-order valence-electron chi connectivity index (χ0n) is 16.8. The lowest BCUT2D eigenvalue weighted by Gasteiger charge is -2.12. The Bertz CT molecular complexity index is 928. The molecule has 3 aromatic rings. The monoisotopic (exact) mass is 400 g/mol. The number of hydrogen-bond acceptors (Lipinski definition) is 6. The second-order valence-corrected chi connectivity index (χ2v) is 8.44. The lowest BCUT2D eigenvalue weighted by Crippen LogP contribution is -2.11. The summed E-state index contributed by atoms with van der Waals surface area (Å²) in [7, 11) is 0. The van der Waals surface area contributed by atoms with Crippen molar-refractivity contribution in [1.82, 2.24) is 24.5 Å². The normalized spacial score (nSPS) is 12.6. The zero-order valence-corrected chi connectivity index (χ0v) is 17.6. The van der Waals surface area contributed by atoms with E-state index in [1.54, 1.807) is 18.5 Å². The number of nitrogen functional groups attached to an aromatic ring is 1. The van der Waals surface area contributed by atoms with Gasteiger partial charge in [-0.2, -0.15) is 9.97 Å². The van der Waals surface area contributed by atoms with Crippen molar-refractivity contribution in [3.05, 3.63) is 35.5 Å². The minimum absolute atomic E-state index is 0.419. The fourth-order valence-corrected chi connectivity index (χ4v) is 4.38. The number of anilines is 1. The largest absolute Gasteiger partial charge is 0.609 e. The van der Waals surface area contributed by atoms with Crippen LogP contribution in [0.3, 0.4) is 0 Å². The Kier molecular flexibility index (Phi) is 6.85. The average Bonchev–Trinajstić information content (AvgIpc) is 3.06. The van der Waals surface area contributed by atoms with Gasteiger partial charge >= 0.3 is 5.16 Å². The molecule has 1 unspecified atom stereocenters. The quantitative estimate of drug-likeness (QED) is 0.335. The Labute approximate surface area is 169 Å². The van der Waals surface area contributed by atoms with E-state index in [1.165, 1.54) is 0 Å². The molecule has 0 aliphatic heterocycles. The van der Waals surface area contributed by atoms with E-state index >= 15 is 0 Å².